The van der Waals surface area contributed by atoms with Crippen LogP contribution in [0, 0.1) is 13.8 Å². The van der Waals surface area contributed by atoms with E-state index in [0.717, 1.165) is 32.4 Å². The van der Waals surface area contributed by atoms with Crippen molar-refractivity contribution in [3.05, 3.63) is 57.4 Å². The number of carbonyl (C=O) groups excluding carboxylic acids is 1. The number of carbonyl (C=O) groups is 1. The van der Waals surface area contributed by atoms with E-state index in [1.165, 1.54) is 16.9 Å². The average molecular weight is 480 g/mol. The van der Waals surface area contributed by atoms with Crippen molar-refractivity contribution in [3.63, 3.8) is 0 Å². The van der Waals surface area contributed by atoms with Crippen molar-refractivity contribution in [1.29, 1.82) is 0 Å². The SMILES string of the molecule is Cc1cc(C)c2nc(N(CCN(C)C)C(=O)c3sc4ccccc4c3Cl)sc2c1.Cl. The van der Waals surface area contributed by atoms with Gasteiger partial charge in [0, 0.05) is 23.2 Å². The number of aromatic nitrogens is 1. The molecule has 0 radical (unpaired) electrons. The van der Waals surface area contributed by atoms with Gasteiger partial charge in [0.05, 0.1) is 15.2 Å². The van der Waals surface area contributed by atoms with Crippen LogP contribution in [0.25, 0.3) is 20.3 Å². The number of thiophene rings is 1. The summed E-state index contributed by atoms with van der Waals surface area (Å²) in [4.78, 5) is 22.8. The van der Waals surface area contributed by atoms with Crippen molar-refractivity contribution in [1.82, 2.24) is 9.88 Å². The zero-order chi connectivity index (χ0) is 20.7. The van der Waals surface area contributed by atoms with E-state index in [1.807, 2.05) is 38.4 Å². The lowest BCUT2D eigenvalue weighted by Crippen LogP contribution is -2.36. The first kappa shape index (κ1) is 23.0. The van der Waals surface area contributed by atoms with Gasteiger partial charge in [0.2, 0.25) is 0 Å². The van der Waals surface area contributed by atoms with Crippen LogP contribution in [-0.2, 0) is 0 Å². The minimum atomic E-state index is -0.0912. The highest BCUT2D eigenvalue weighted by Crippen LogP contribution is 2.38. The number of thiazole rings is 1. The summed E-state index contributed by atoms with van der Waals surface area (Å²) in [6.07, 6.45) is 0. The molecule has 4 rings (SSSR count). The van der Waals surface area contributed by atoms with E-state index in [4.69, 9.17) is 16.6 Å². The Morgan fingerprint density at radius 3 is 2.50 bits per heavy atom. The second-order valence-corrected chi connectivity index (χ2v) is 9.87. The monoisotopic (exact) mass is 479 g/mol. The first-order chi connectivity index (χ1) is 13.8. The van der Waals surface area contributed by atoms with Gasteiger partial charge in [-0.2, -0.15) is 0 Å². The van der Waals surface area contributed by atoms with Gasteiger partial charge in [-0.25, -0.2) is 4.98 Å². The Kier molecular flexibility index (Phi) is 7.05. The largest absolute Gasteiger partial charge is 0.308 e. The zero-order valence-corrected chi connectivity index (χ0v) is 20.4. The Balaban J connectivity index is 0.00000256. The lowest BCUT2D eigenvalue weighted by atomic mass is 10.1. The number of amides is 1. The topological polar surface area (TPSA) is 36.4 Å². The molecule has 1 amide bonds. The first-order valence-electron chi connectivity index (χ1n) is 9.36. The first-order valence-corrected chi connectivity index (χ1v) is 11.4. The standard InChI is InChI=1S/C22H22ClN3OS2.ClH/c1-13-11-14(2)19-17(12-13)29-22(24-19)26(10-9-25(3)4)21(27)20-18(23)15-7-5-6-8-16(15)28-20;/h5-8,11-12H,9-10H2,1-4H3;1H. The maximum absolute atomic E-state index is 13.6. The molecular weight excluding hydrogens is 457 g/mol. The highest BCUT2D eigenvalue weighted by atomic mass is 35.5. The Morgan fingerprint density at radius 1 is 1.07 bits per heavy atom. The number of benzene rings is 2. The summed E-state index contributed by atoms with van der Waals surface area (Å²) >= 11 is 9.61. The van der Waals surface area contributed by atoms with Crippen LogP contribution in [0.15, 0.2) is 36.4 Å². The van der Waals surface area contributed by atoms with Crippen LogP contribution in [0.1, 0.15) is 20.8 Å². The Bertz CT molecular complexity index is 1220. The molecule has 2 aromatic carbocycles. The molecule has 0 unspecified atom stereocenters. The molecule has 0 atom stereocenters. The Morgan fingerprint density at radius 2 is 1.80 bits per heavy atom. The molecule has 0 fully saturated rings. The molecule has 4 aromatic rings. The Hall–Kier alpha value is -1.70. The minimum absolute atomic E-state index is 0. The molecule has 0 aliphatic carbocycles. The van der Waals surface area contributed by atoms with E-state index < -0.39 is 0 Å². The predicted octanol–water partition coefficient (Wildman–Crippen LogP) is 6.41. The van der Waals surface area contributed by atoms with Crippen LogP contribution >= 0.6 is 46.7 Å². The van der Waals surface area contributed by atoms with Crippen molar-refractivity contribution in [2.45, 2.75) is 13.8 Å². The summed E-state index contributed by atoms with van der Waals surface area (Å²) in [5.41, 5.74) is 3.28. The van der Waals surface area contributed by atoms with Gasteiger partial charge >= 0.3 is 0 Å². The molecule has 158 valence electrons. The minimum Gasteiger partial charge on any atom is -0.308 e. The summed E-state index contributed by atoms with van der Waals surface area (Å²) < 4.78 is 2.12. The maximum Gasteiger partial charge on any atom is 0.271 e. The molecule has 0 saturated carbocycles. The molecule has 8 heteroatoms. The number of halogens is 2. The Labute approximate surface area is 195 Å². The number of fused-ring (bicyclic) bond motifs is 2. The smallest absolute Gasteiger partial charge is 0.271 e. The van der Waals surface area contributed by atoms with E-state index in [1.54, 1.807) is 16.2 Å². The molecule has 0 saturated heterocycles. The summed E-state index contributed by atoms with van der Waals surface area (Å²) in [6, 6.07) is 12.1. The third kappa shape index (κ3) is 4.34. The lowest BCUT2D eigenvalue weighted by molar-refractivity contribution is 0.0989. The van der Waals surface area contributed by atoms with E-state index >= 15 is 0 Å². The third-order valence-electron chi connectivity index (χ3n) is 4.79. The van der Waals surface area contributed by atoms with Crippen molar-refractivity contribution in [2.75, 3.05) is 32.1 Å². The average Bonchev–Trinajstić information content (AvgIpc) is 3.23. The van der Waals surface area contributed by atoms with E-state index in [9.17, 15) is 4.79 Å². The molecule has 0 spiro atoms. The summed E-state index contributed by atoms with van der Waals surface area (Å²) in [6.45, 7) is 5.43. The summed E-state index contributed by atoms with van der Waals surface area (Å²) in [7, 11) is 4.00. The fraction of sp³-hybridized carbons (Fsp3) is 0.273. The molecule has 0 aliphatic heterocycles. The van der Waals surface area contributed by atoms with E-state index in [2.05, 4.69) is 30.9 Å². The fourth-order valence-corrected chi connectivity index (χ4v) is 5.96. The van der Waals surface area contributed by atoms with Gasteiger partial charge in [-0.3, -0.25) is 9.69 Å². The number of aryl methyl sites for hydroxylation is 2. The molecule has 0 N–H and O–H groups in total. The molecule has 4 nitrogen and oxygen atoms in total. The normalized spacial score (nSPS) is 11.3. The summed E-state index contributed by atoms with van der Waals surface area (Å²) in [5, 5.41) is 2.17. The molecule has 30 heavy (non-hydrogen) atoms. The van der Waals surface area contributed by atoms with Crippen LogP contribution in [-0.4, -0.2) is 43.0 Å². The maximum atomic E-state index is 13.6. The van der Waals surface area contributed by atoms with Crippen LogP contribution < -0.4 is 4.90 Å². The van der Waals surface area contributed by atoms with Gasteiger partial charge in [-0.15, -0.1) is 23.7 Å². The third-order valence-corrected chi connectivity index (χ3v) is 7.48. The molecule has 2 heterocycles. The van der Waals surface area contributed by atoms with Crippen molar-refractivity contribution < 1.29 is 4.79 Å². The number of rotatable bonds is 5. The van der Waals surface area contributed by atoms with Crippen LogP contribution in [0.4, 0.5) is 5.13 Å². The second kappa shape index (κ2) is 9.20. The number of nitrogens with zero attached hydrogens (tertiary/aromatic N) is 3. The van der Waals surface area contributed by atoms with Gasteiger partial charge in [-0.05, 0) is 51.2 Å². The van der Waals surface area contributed by atoms with Gasteiger partial charge in [0.1, 0.15) is 4.88 Å². The predicted molar refractivity (Wildman–Crippen MR) is 133 cm³/mol. The van der Waals surface area contributed by atoms with E-state index in [-0.39, 0.29) is 18.3 Å². The van der Waals surface area contributed by atoms with Crippen LogP contribution in [0.5, 0.6) is 0 Å². The number of likely N-dealkylation sites (N-methyl/N-ethyl adjacent to an activating group) is 1. The number of hydrogen-bond donors (Lipinski definition) is 0. The van der Waals surface area contributed by atoms with Crippen LogP contribution in [0.3, 0.4) is 0 Å². The van der Waals surface area contributed by atoms with E-state index in [0.29, 0.717) is 21.6 Å². The van der Waals surface area contributed by atoms with Gasteiger partial charge in [0.25, 0.3) is 5.91 Å². The molecule has 0 aliphatic rings. The quantitative estimate of drug-likeness (QED) is 0.331. The highest BCUT2D eigenvalue weighted by Gasteiger charge is 2.26. The van der Waals surface area contributed by atoms with Crippen molar-refractivity contribution in [3.8, 4) is 0 Å². The summed E-state index contributed by atoms with van der Waals surface area (Å²) in [5.74, 6) is -0.0912. The lowest BCUT2D eigenvalue weighted by Gasteiger charge is -2.21. The molecular formula is C22H23Cl2N3OS2. The molecule has 0 bridgehead atoms. The van der Waals surface area contributed by atoms with Crippen molar-refractivity contribution in [2.24, 2.45) is 0 Å². The van der Waals surface area contributed by atoms with Gasteiger partial charge in [0.15, 0.2) is 5.13 Å². The molecule has 2 aromatic heterocycles. The van der Waals surface area contributed by atoms with Crippen molar-refractivity contribution >= 4 is 78.0 Å². The van der Waals surface area contributed by atoms with Gasteiger partial charge in [-0.1, -0.05) is 47.2 Å². The van der Waals surface area contributed by atoms with Gasteiger partial charge < -0.3 is 4.90 Å². The number of hydrogen-bond acceptors (Lipinski definition) is 5. The second-order valence-electron chi connectivity index (χ2n) is 7.43. The number of anilines is 1. The fourth-order valence-electron chi connectivity index (χ4n) is 3.33. The highest BCUT2D eigenvalue weighted by molar-refractivity contribution is 7.23. The van der Waals surface area contributed by atoms with Crippen LogP contribution in [0.2, 0.25) is 5.02 Å². The zero-order valence-electron chi connectivity index (χ0n) is 17.2.